The average Bonchev–Trinajstić information content (AvgIpc) is 2.27. The molecule has 1 rings (SSSR count). The first-order chi connectivity index (χ1) is 7.00. The summed E-state index contributed by atoms with van der Waals surface area (Å²) in [6, 6.07) is 0.0103. The Morgan fingerprint density at radius 3 is 2.80 bits per heavy atom. The van der Waals surface area contributed by atoms with E-state index in [1.54, 1.807) is 0 Å². The molecule has 0 radical (unpaired) electrons. The van der Waals surface area contributed by atoms with Gasteiger partial charge >= 0.3 is 5.97 Å². The van der Waals surface area contributed by atoms with Crippen LogP contribution in [-0.2, 0) is 9.59 Å². The van der Waals surface area contributed by atoms with Crippen molar-refractivity contribution in [1.29, 1.82) is 0 Å². The molecule has 4 nitrogen and oxygen atoms in total. The molecule has 0 aliphatic carbocycles. The molecule has 2 atom stereocenters. The van der Waals surface area contributed by atoms with Crippen LogP contribution in [0.25, 0.3) is 0 Å². The van der Waals surface area contributed by atoms with Gasteiger partial charge in [-0.15, -0.1) is 0 Å². The Kier molecular flexibility index (Phi) is 4.12. The fraction of sp³-hybridized carbons (Fsp3) is 0.818. The summed E-state index contributed by atoms with van der Waals surface area (Å²) in [7, 11) is 0. The first-order valence-corrected chi connectivity index (χ1v) is 5.52. The summed E-state index contributed by atoms with van der Waals surface area (Å²) in [6.07, 6.45) is 2.31. The van der Waals surface area contributed by atoms with E-state index in [1.807, 2.05) is 13.8 Å². The molecule has 1 amide bonds. The highest BCUT2D eigenvalue weighted by Crippen LogP contribution is 2.25. The summed E-state index contributed by atoms with van der Waals surface area (Å²) in [6.45, 7) is 4.04. The SMILES string of the molecule is CC(C)[C@@H]1NC(=O)CCC[C@H]1CC(=O)O. The van der Waals surface area contributed by atoms with Gasteiger partial charge in [0.25, 0.3) is 0 Å². The standard InChI is InChI=1S/C11H19NO3/c1-7(2)11-8(6-10(14)15)4-3-5-9(13)12-11/h7-8,11H,3-6H2,1-2H3,(H,12,13)(H,14,15)/t8-,11-/m0/s1. The van der Waals surface area contributed by atoms with Crippen LogP contribution in [0.3, 0.4) is 0 Å². The molecule has 0 saturated carbocycles. The summed E-state index contributed by atoms with van der Waals surface area (Å²) < 4.78 is 0. The van der Waals surface area contributed by atoms with Crippen molar-refractivity contribution < 1.29 is 14.7 Å². The molecule has 4 heteroatoms. The van der Waals surface area contributed by atoms with E-state index < -0.39 is 5.97 Å². The van der Waals surface area contributed by atoms with E-state index in [9.17, 15) is 9.59 Å². The van der Waals surface area contributed by atoms with Crippen LogP contribution < -0.4 is 5.32 Å². The summed E-state index contributed by atoms with van der Waals surface area (Å²) in [4.78, 5) is 22.1. The van der Waals surface area contributed by atoms with E-state index in [0.717, 1.165) is 12.8 Å². The van der Waals surface area contributed by atoms with Crippen LogP contribution in [0.1, 0.15) is 39.5 Å². The highest BCUT2D eigenvalue weighted by atomic mass is 16.4. The first-order valence-electron chi connectivity index (χ1n) is 5.52. The minimum atomic E-state index is -0.776. The zero-order valence-corrected chi connectivity index (χ0v) is 9.32. The van der Waals surface area contributed by atoms with E-state index in [-0.39, 0.29) is 30.2 Å². The van der Waals surface area contributed by atoms with E-state index in [0.29, 0.717) is 6.42 Å². The fourth-order valence-electron chi connectivity index (χ4n) is 2.24. The third-order valence-electron chi connectivity index (χ3n) is 2.97. The number of nitrogens with one attached hydrogen (secondary N) is 1. The van der Waals surface area contributed by atoms with Crippen molar-refractivity contribution in [2.45, 2.75) is 45.6 Å². The predicted octanol–water partition coefficient (Wildman–Crippen LogP) is 1.40. The lowest BCUT2D eigenvalue weighted by Gasteiger charge is -2.27. The van der Waals surface area contributed by atoms with Gasteiger partial charge in [-0.25, -0.2) is 0 Å². The molecule has 86 valence electrons. The predicted molar refractivity (Wildman–Crippen MR) is 56.4 cm³/mol. The van der Waals surface area contributed by atoms with Gasteiger partial charge in [-0.2, -0.15) is 0 Å². The van der Waals surface area contributed by atoms with Gasteiger partial charge in [-0.1, -0.05) is 13.8 Å². The number of hydrogen-bond acceptors (Lipinski definition) is 2. The molecule has 0 aromatic rings. The normalized spacial score (nSPS) is 27.3. The van der Waals surface area contributed by atoms with Crippen molar-refractivity contribution >= 4 is 11.9 Å². The van der Waals surface area contributed by atoms with Crippen LogP contribution in [0.4, 0.5) is 0 Å². The molecular formula is C11H19NO3. The maximum Gasteiger partial charge on any atom is 0.303 e. The van der Waals surface area contributed by atoms with Crippen molar-refractivity contribution in [2.75, 3.05) is 0 Å². The third kappa shape index (κ3) is 3.53. The number of carbonyl (C=O) groups excluding carboxylic acids is 1. The van der Waals surface area contributed by atoms with Crippen LogP contribution >= 0.6 is 0 Å². The number of amides is 1. The topological polar surface area (TPSA) is 66.4 Å². The molecule has 15 heavy (non-hydrogen) atoms. The Balaban J connectivity index is 2.70. The zero-order valence-electron chi connectivity index (χ0n) is 9.32. The minimum absolute atomic E-state index is 0.0103. The molecule has 1 fully saturated rings. The average molecular weight is 213 g/mol. The lowest BCUT2D eigenvalue weighted by atomic mass is 9.85. The molecule has 2 N–H and O–H groups in total. The van der Waals surface area contributed by atoms with Crippen molar-refractivity contribution in [1.82, 2.24) is 5.32 Å². The van der Waals surface area contributed by atoms with Crippen molar-refractivity contribution in [2.24, 2.45) is 11.8 Å². The van der Waals surface area contributed by atoms with Gasteiger partial charge in [0.2, 0.25) is 5.91 Å². The number of carboxylic acids is 1. The van der Waals surface area contributed by atoms with Gasteiger partial charge < -0.3 is 10.4 Å². The van der Waals surface area contributed by atoms with Gasteiger partial charge in [0.1, 0.15) is 0 Å². The van der Waals surface area contributed by atoms with Crippen molar-refractivity contribution in [3.63, 3.8) is 0 Å². The number of rotatable bonds is 3. The van der Waals surface area contributed by atoms with Crippen LogP contribution in [0.2, 0.25) is 0 Å². The van der Waals surface area contributed by atoms with E-state index in [4.69, 9.17) is 5.11 Å². The maximum atomic E-state index is 11.4. The number of carboxylic acid groups (broad SMARTS) is 1. The molecule has 1 heterocycles. The molecular weight excluding hydrogens is 194 g/mol. The lowest BCUT2D eigenvalue weighted by molar-refractivity contribution is -0.138. The highest BCUT2D eigenvalue weighted by molar-refractivity contribution is 5.76. The Morgan fingerprint density at radius 1 is 1.60 bits per heavy atom. The summed E-state index contributed by atoms with van der Waals surface area (Å²) in [5.41, 5.74) is 0. The molecule has 1 aliphatic heterocycles. The van der Waals surface area contributed by atoms with Gasteiger partial charge in [-0.05, 0) is 24.7 Å². The van der Waals surface area contributed by atoms with Gasteiger partial charge in [0.15, 0.2) is 0 Å². The minimum Gasteiger partial charge on any atom is -0.481 e. The van der Waals surface area contributed by atoms with E-state index in [2.05, 4.69) is 5.32 Å². The molecule has 0 aromatic carbocycles. The Morgan fingerprint density at radius 2 is 2.27 bits per heavy atom. The van der Waals surface area contributed by atoms with Crippen LogP contribution in [0, 0.1) is 11.8 Å². The highest BCUT2D eigenvalue weighted by Gasteiger charge is 2.30. The molecule has 0 unspecified atom stereocenters. The smallest absolute Gasteiger partial charge is 0.303 e. The van der Waals surface area contributed by atoms with Gasteiger partial charge in [0, 0.05) is 12.5 Å². The van der Waals surface area contributed by atoms with Crippen LogP contribution in [0.15, 0.2) is 0 Å². The largest absolute Gasteiger partial charge is 0.481 e. The molecule has 1 saturated heterocycles. The second-order valence-electron chi connectivity index (χ2n) is 4.59. The third-order valence-corrected chi connectivity index (χ3v) is 2.97. The maximum absolute atomic E-state index is 11.4. The monoisotopic (exact) mass is 213 g/mol. The summed E-state index contributed by atoms with van der Waals surface area (Å²) >= 11 is 0. The second kappa shape index (κ2) is 5.14. The molecule has 0 bridgehead atoms. The quantitative estimate of drug-likeness (QED) is 0.744. The van der Waals surface area contributed by atoms with E-state index >= 15 is 0 Å². The van der Waals surface area contributed by atoms with Crippen molar-refractivity contribution in [3.8, 4) is 0 Å². The molecule has 1 aliphatic rings. The molecule has 0 aromatic heterocycles. The summed E-state index contributed by atoms with van der Waals surface area (Å²) in [5, 5.41) is 11.7. The molecule has 0 spiro atoms. The number of hydrogen-bond donors (Lipinski definition) is 2. The number of aliphatic carboxylic acids is 1. The van der Waals surface area contributed by atoms with Gasteiger partial charge in [-0.3, -0.25) is 9.59 Å². The Hall–Kier alpha value is -1.06. The van der Waals surface area contributed by atoms with Crippen LogP contribution in [-0.4, -0.2) is 23.0 Å². The lowest BCUT2D eigenvalue weighted by Crippen LogP contribution is -2.42. The Bertz CT molecular complexity index is 250. The second-order valence-corrected chi connectivity index (χ2v) is 4.59. The Labute approximate surface area is 90.0 Å². The summed E-state index contributed by atoms with van der Waals surface area (Å²) in [5.74, 6) is -0.353. The fourth-order valence-corrected chi connectivity index (χ4v) is 2.24. The first kappa shape index (κ1) is 12.0. The van der Waals surface area contributed by atoms with Crippen LogP contribution in [0.5, 0.6) is 0 Å². The van der Waals surface area contributed by atoms with Gasteiger partial charge in [0.05, 0.1) is 6.42 Å². The van der Waals surface area contributed by atoms with E-state index in [1.165, 1.54) is 0 Å². The van der Waals surface area contributed by atoms with Crippen molar-refractivity contribution in [3.05, 3.63) is 0 Å². The number of carbonyl (C=O) groups is 2. The zero-order chi connectivity index (χ0) is 11.4.